The maximum Gasteiger partial charge on any atom is 0.343 e. The fraction of sp³-hybridized carbons (Fsp3) is 0.486. The number of pyridine rings is 2. The van der Waals surface area contributed by atoms with Crippen LogP contribution >= 0.6 is 0 Å². The van der Waals surface area contributed by atoms with Crippen LogP contribution in [0.2, 0.25) is 0 Å². The zero-order valence-electron chi connectivity index (χ0n) is 27.6. The first-order valence-corrected chi connectivity index (χ1v) is 17.1. The molecule has 8 rings (SSSR count). The van der Waals surface area contributed by atoms with Crippen LogP contribution in [-0.4, -0.2) is 70.3 Å². The van der Waals surface area contributed by atoms with Crippen LogP contribution in [0.25, 0.3) is 22.3 Å². The number of hydroxylamine groups is 2. The Kier molecular flexibility index (Phi) is 7.96. The number of carbonyl (C=O) groups is 1. The molecule has 14 nitrogen and oxygen atoms in total. The first-order valence-electron chi connectivity index (χ1n) is 17.1. The summed E-state index contributed by atoms with van der Waals surface area (Å²) in [6.45, 7) is 5.01. The molecule has 2 bridgehead atoms. The largest absolute Gasteiger partial charge is 0.487 e. The number of hydrogen-bond donors (Lipinski definition) is 2. The van der Waals surface area contributed by atoms with E-state index >= 15 is 0 Å². The molecule has 256 valence electrons. The van der Waals surface area contributed by atoms with Gasteiger partial charge in [0.1, 0.15) is 31.3 Å². The monoisotopic (exact) mass is 669 g/mol. The lowest BCUT2D eigenvalue weighted by Crippen LogP contribution is -2.50. The number of carbonyl (C=O) groups excluding carboxylic acids is 1. The minimum Gasteiger partial charge on any atom is -0.487 e. The van der Waals surface area contributed by atoms with Crippen LogP contribution in [0, 0.1) is 0 Å². The normalized spacial score (nSPS) is 22.8. The van der Waals surface area contributed by atoms with E-state index in [1.54, 1.807) is 22.2 Å². The standard InChI is InChI=1S/C35H39N7O7/c1-3-25-26-14-24(47-18-21-16-40(39-37-21)10-11-49-38-20-12-22-6-5-7-23(13-20)42(22)46)8-9-30(26)36-32-27(25)17-41-31(32)15-29-28(33(41)43)19-48-34(44)35(29,45)4-2/h8-9,14-16,22-23,45-46H,3-7,10-13,17-19H2,1-2H3/t22?,23?,35-/m0/s1. The Balaban J connectivity index is 0.956. The van der Waals surface area contributed by atoms with Gasteiger partial charge >= 0.3 is 5.97 Å². The summed E-state index contributed by atoms with van der Waals surface area (Å²) in [5.74, 6) is -0.0822. The third-order valence-electron chi connectivity index (χ3n) is 10.5. The second kappa shape index (κ2) is 12.3. The third-order valence-corrected chi connectivity index (χ3v) is 10.5. The van der Waals surface area contributed by atoms with Crippen molar-refractivity contribution in [3.05, 3.63) is 68.8 Å². The number of rotatable bonds is 9. The number of cyclic esters (lactones) is 1. The van der Waals surface area contributed by atoms with E-state index in [0.717, 1.165) is 59.8 Å². The summed E-state index contributed by atoms with van der Waals surface area (Å²) in [5, 5.41) is 36.6. The van der Waals surface area contributed by atoms with Crippen molar-refractivity contribution in [2.45, 2.75) is 103 Å². The molecule has 2 fully saturated rings. The van der Waals surface area contributed by atoms with Crippen LogP contribution in [-0.2, 0) is 52.7 Å². The van der Waals surface area contributed by atoms with Crippen molar-refractivity contribution in [1.82, 2.24) is 29.6 Å². The molecule has 0 amide bonds. The topological polar surface area (TPSA) is 166 Å². The number of benzene rings is 1. The van der Waals surface area contributed by atoms with E-state index in [2.05, 4.69) is 22.4 Å². The average Bonchev–Trinajstić information content (AvgIpc) is 3.71. The van der Waals surface area contributed by atoms with Gasteiger partial charge < -0.3 is 29.2 Å². The zero-order chi connectivity index (χ0) is 33.9. The summed E-state index contributed by atoms with van der Waals surface area (Å²) in [4.78, 5) is 36.7. The molecule has 4 aliphatic rings. The molecule has 49 heavy (non-hydrogen) atoms. The highest BCUT2D eigenvalue weighted by Crippen LogP contribution is 2.41. The number of hydrogen-bond acceptors (Lipinski definition) is 12. The number of aromatic nitrogens is 5. The van der Waals surface area contributed by atoms with Crippen molar-refractivity contribution in [2.75, 3.05) is 6.61 Å². The van der Waals surface area contributed by atoms with Crippen molar-refractivity contribution >= 4 is 22.6 Å². The number of esters is 1. The number of oxime groups is 1. The van der Waals surface area contributed by atoms with Gasteiger partial charge in [-0.2, -0.15) is 5.06 Å². The van der Waals surface area contributed by atoms with Gasteiger partial charge in [-0.05, 0) is 55.5 Å². The summed E-state index contributed by atoms with van der Waals surface area (Å²) < 4.78 is 14.7. The maximum atomic E-state index is 13.6. The SMILES string of the molecule is CCc1c2c(nc3ccc(OCc4cn(CCON=C5CC6CCCC(C5)N6O)nn4)cc13)-c1cc3c(c(=O)n1C2)COC(=O)[C@]3(O)CC. The highest BCUT2D eigenvalue weighted by molar-refractivity contribution is 5.90. The van der Waals surface area contributed by atoms with Gasteiger partial charge in [-0.3, -0.25) is 4.79 Å². The van der Waals surface area contributed by atoms with Gasteiger partial charge in [-0.1, -0.05) is 30.6 Å². The van der Waals surface area contributed by atoms with Crippen LogP contribution < -0.4 is 10.3 Å². The maximum absolute atomic E-state index is 13.6. The fourth-order valence-corrected chi connectivity index (χ4v) is 7.82. The Morgan fingerprint density at radius 1 is 1.12 bits per heavy atom. The second-order valence-corrected chi connectivity index (χ2v) is 13.3. The predicted octanol–water partition coefficient (Wildman–Crippen LogP) is 3.59. The van der Waals surface area contributed by atoms with Gasteiger partial charge in [0, 0.05) is 41.4 Å². The number of fused-ring (bicyclic) bond motifs is 7. The number of aryl methyl sites for hydroxylation is 1. The average molecular weight is 670 g/mol. The van der Waals surface area contributed by atoms with E-state index < -0.39 is 11.6 Å². The van der Waals surface area contributed by atoms with Crippen molar-refractivity contribution in [2.24, 2.45) is 5.16 Å². The predicted molar refractivity (Wildman–Crippen MR) is 176 cm³/mol. The van der Waals surface area contributed by atoms with Crippen LogP contribution in [0.3, 0.4) is 0 Å². The van der Waals surface area contributed by atoms with Gasteiger partial charge in [0.25, 0.3) is 5.56 Å². The Hall–Kier alpha value is -4.66. The van der Waals surface area contributed by atoms with E-state index in [4.69, 9.17) is 19.3 Å². The molecule has 0 aliphatic carbocycles. The Labute approximate surface area is 281 Å². The first-order chi connectivity index (χ1) is 23.8. The summed E-state index contributed by atoms with van der Waals surface area (Å²) in [6, 6.07) is 7.74. The van der Waals surface area contributed by atoms with Gasteiger partial charge in [0.2, 0.25) is 0 Å². The fourth-order valence-electron chi connectivity index (χ4n) is 7.82. The van der Waals surface area contributed by atoms with Gasteiger partial charge in [0.15, 0.2) is 5.60 Å². The molecule has 3 atom stereocenters. The first kappa shape index (κ1) is 31.6. The van der Waals surface area contributed by atoms with Crippen molar-refractivity contribution < 1.29 is 29.4 Å². The molecule has 2 N–H and O–H groups in total. The Morgan fingerprint density at radius 2 is 1.94 bits per heavy atom. The molecule has 3 aromatic heterocycles. The van der Waals surface area contributed by atoms with E-state index in [1.807, 2.05) is 24.4 Å². The summed E-state index contributed by atoms with van der Waals surface area (Å²) in [6.07, 6.45) is 7.22. The molecule has 4 aromatic rings. The van der Waals surface area contributed by atoms with E-state index in [-0.39, 0.29) is 37.3 Å². The molecule has 14 heteroatoms. The Morgan fingerprint density at radius 3 is 2.71 bits per heavy atom. The molecule has 2 saturated heterocycles. The van der Waals surface area contributed by atoms with Crippen LogP contribution in [0.15, 0.2) is 40.4 Å². The highest BCUT2D eigenvalue weighted by Gasteiger charge is 2.45. The lowest BCUT2D eigenvalue weighted by Gasteiger charge is -2.41. The molecule has 1 aromatic carbocycles. The van der Waals surface area contributed by atoms with Gasteiger partial charge in [-0.15, -0.1) is 5.10 Å². The molecule has 0 radical (unpaired) electrons. The molecular formula is C35H39N7O7. The Bertz CT molecular complexity index is 2040. The van der Waals surface area contributed by atoms with Crippen LogP contribution in [0.1, 0.15) is 80.3 Å². The smallest absolute Gasteiger partial charge is 0.343 e. The van der Waals surface area contributed by atoms with Crippen molar-refractivity contribution in [3.63, 3.8) is 0 Å². The third kappa shape index (κ3) is 5.38. The van der Waals surface area contributed by atoms with Crippen LogP contribution in [0.5, 0.6) is 5.75 Å². The van der Waals surface area contributed by atoms with Gasteiger partial charge in [0.05, 0.1) is 47.5 Å². The minimum atomic E-state index is -1.87. The molecule has 2 unspecified atom stereocenters. The van der Waals surface area contributed by atoms with E-state index in [9.17, 15) is 19.9 Å². The number of nitrogens with zero attached hydrogens (tertiary/aromatic N) is 7. The molecule has 4 aliphatic heterocycles. The number of aliphatic hydroxyl groups is 1. The second-order valence-electron chi connectivity index (χ2n) is 13.3. The van der Waals surface area contributed by atoms with E-state index in [0.29, 0.717) is 60.1 Å². The molecule has 7 heterocycles. The number of piperidine rings is 2. The van der Waals surface area contributed by atoms with Crippen molar-refractivity contribution in [1.29, 1.82) is 0 Å². The van der Waals surface area contributed by atoms with Gasteiger partial charge in [-0.25, -0.2) is 14.5 Å². The lowest BCUT2D eigenvalue weighted by atomic mass is 9.85. The van der Waals surface area contributed by atoms with E-state index in [1.165, 1.54) is 5.06 Å². The van der Waals surface area contributed by atoms with Crippen LogP contribution in [0.4, 0.5) is 0 Å². The summed E-state index contributed by atoms with van der Waals surface area (Å²) >= 11 is 0. The van der Waals surface area contributed by atoms with Crippen molar-refractivity contribution in [3.8, 4) is 17.1 Å². The number of ether oxygens (including phenoxy) is 2. The zero-order valence-corrected chi connectivity index (χ0v) is 27.6. The summed E-state index contributed by atoms with van der Waals surface area (Å²) in [5.41, 5.74) is 4.17. The molecule has 0 spiro atoms. The lowest BCUT2D eigenvalue weighted by molar-refractivity contribution is -0.179. The molecular weight excluding hydrogens is 630 g/mol. The molecule has 0 saturated carbocycles. The summed E-state index contributed by atoms with van der Waals surface area (Å²) in [7, 11) is 0. The quantitative estimate of drug-likeness (QED) is 0.134. The minimum absolute atomic E-state index is 0.0930. The highest BCUT2D eigenvalue weighted by atomic mass is 16.6.